The third-order valence-electron chi connectivity index (χ3n) is 9.85. The SMILES string of the molecule is N=S(=O)(c1ccc(C(F)(F)F)cc1)C1CCC2(CC1)CN(C(=O)N1CC3(CC(c4n[nH]c(C5CC5)n4)C3)C1)C2. The summed E-state index contributed by atoms with van der Waals surface area (Å²) in [5, 5.41) is 7.15. The number of rotatable bonds is 4. The molecule has 3 saturated carbocycles. The quantitative estimate of drug-likeness (QED) is 0.524. The Kier molecular flexibility index (Phi) is 5.48. The first kappa shape index (κ1) is 25.3. The van der Waals surface area contributed by atoms with Crippen LogP contribution in [-0.2, 0) is 15.9 Å². The molecule has 39 heavy (non-hydrogen) atoms. The lowest BCUT2D eigenvalue weighted by Gasteiger charge is -2.61. The zero-order valence-electron chi connectivity index (χ0n) is 21.7. The van der Waals surface area contributed by atoms with Crippen molar-refractivity contribution in [3.63, 3.8) is 0 Å². The fourth-order valence-electron chi connectivity index (χ4n) is 7.32. The third-order valence-corrected chi connectivity index (χ3v) is 12.2. The van der Waals surface area contributed by atoms with E-state index in [0.717, 1.165) is 62.6 Å². The summed E-state index contributed by atoms with van der Waals surface area (Å²) in [6.45, 7) is 2.96. The number of amides is 2. The molecule has 1 aromatic carbocycles. The second-order valence-electron chi connectivity index (χ2n) is 12.8. The van der Waals surface area contributed by atoms with Gasteiger partial charge in [0.25, 0.3) is 0 Å². The minimum Gasteiger partial charge on any atom is -0.323 e. The minimum absolute atomic E-state index is 0.0107. The first-order chi connectivity index (χ1) is 18.5. The molecular weight excluding hydrogens is 529 g/mol. The maximum absolute atomic E-state index is 13.3. The number of halogens is 3. The van der Waals surface area contributed by atoms with Crippen molar-refractivity contribution in [1.82, 2.24) is 25.0 Å². The summed E-state index contributed by atoms with van der Waals surface area (Å²) in [6.07, 6.45) is 2.75. The summed E-state index contributed by atoms with van der Waals surface area (Å²) in [4.78, 5) is 21.8. The lowest BCUT2D eigenvalue weighted by molar-refractivity contribution is -0.137. The average molecular weight is 563 g/mol. The highest BCUT2D eigenvalue weighted by molar-refractivity contribution is 7.93. The van der Waals surface area contributed by atoms with Crippen LogP contribution in [0.2, 0.25) is 0 Å². The Labute approximate surface area is 225 Å². The van der Waals surface area contributed by atoms with Crippen molar-refractivity contribution in [2.75, 3.05) is 26.2 Å². The maximum atomic E-state index is 13.3. The van der Waals surface area contributed by atoms with Gasteiger partial charge in [-0.2, -0.15) is 18.3 Å². The molecule has 2 aromatic rings. The number of nitrogens with zero attached hydrogens (tertiary/aromatic N) is 4. The molecule has 5 aliphatic rings. The van der Waals surface area contributed by atoms with Crippen LogP contribution in [0.15, 0.2) is 29.2 Å². The van der Waals surface area contributed by atoms with Gasteiger partial charge in [0.1, 0.15) is 5.82 Å². The molecule has 3 heterocycles. The van der Waals surface area contributed by atoms with Gasteiger partial charge in [0.2, 0.25) is 0 Å². The summed E-state index contributed by atoms with van der Waals surface area (Å²) in [7, 11) is -3.20. The standard InChI is InChI=1S/C27H33F3N6O2S/c28-27(29,30)19-3-5-20(6-4-19)39(31,38)21-7-9-25(10-8-21)13-35(14-25)24(37)36-15-26(16-36)11-18(12-26)23-32-22(33-34-23)17-1-2-17/h3-6,17-18,21,31H,1-2,7-16H2,(H,32,33,34). The van der Waals surface area contributed by atoms with Gasteiger partial charge in [-0.3, -0.25) is 5.10 Å². The van der Waals surface area contributed by atoms with E-state index >= 15 is 0 Å². The molecule has 210 valence electrons. The lowest BCUT2D eigenvalue weighted by atomic mass is 9.57. The number of H-pyrrole nitrogens is 1. The summed E-state index contributed by atoms with van der Waals surface area (Å²) in [6, 6.07) is 4.29. The van der Waals surface area contributed by atoms with Gasteiger partial charge in [-0.05, 0) is 75.6 Å². The van der Waals surface area contributed by atoms with Gasteiger partial charge < -0.3 is 9.80 Å². The van der Waals surface area contributed by atoms with E-state index in [9.17, 15) is 22.2 Å². The van der Waals surface area contributed by atoms with Crippen LogP contribution in [0.5, 0.6) is 0 Å². The maximum Gasteiger partial charge on any atom is 0.416 e. The zero-order valence-corrected chi connectivity index (χ0v) is 22.5. The van der Waals surface area contributed by atoms with Gasteiger partial charge in [-0.25, -0.2) is 18.8 Å². The number of hydrogen-bond donors (Lipinski definition) is 2. The van der Waals surface area contributed by atoms with E-state index in [-0.39, 0.29) is 27.0 Å². The highest BCUT2D eigenvalue weighted by Gasteiger charge is 2.57. The predicted molar refractivity (Wildman–Crippen MR) is 137 cm³/mol. The van der Waals surface area contributed by atoms with E-state index in [4.69, 9.17) is 9.76 Å². The van der Waals surface area contributed by atoms with Crippen molar-refractivity contribution < 1.29 is 22.2 Å². The molecule has 2 saturated heterocycles. The first-order valence-electron chi connectivity index (χ1n) is 13.9. The van der Waals surface area contributed by atoms with Crippen LogP contribution in [0.3, 0.4) is 0 Å². The Hall–Kier alpha value is -2.63. The normalized spacial score (nSPS) is 26.1. The van der Waals surface area contributed by atoms with Crippen LogP contribution in [0.25, 0.3) is 0 Å². The number of urea groups is 1. The van der Waals surface area contributed by atoms with Gasteiger partial charge in [0.05, 0.1) is 15.3 Å². The average Bonchev–Trinajstić information content (AvgIpc) is 3.57. The number of alkyl halides is 3. The van der Waals surface area contributed by atoms with Crippen molar-refractivity contribution in [2.45, 2.75) is 79.5 Å². The van der Waals surface area contributed by atoms with Crippen LogP contribution < -0.4 is 0 Å². The molecule has 8 nitrogen and oxygen atoms in total. The second kappa shape index (κ2) is 8.44. The molecule has 3 aliphatic carbocycles. The second-order valence-corrected chi connectivity index (χ2v) is 15.1. The number of hydrogen-bond acceptors (Lipinski definition) is 5. The van der Waals surface area contributed by atoms with Gasteiger partial charge in [0, 0.05) is 59.0 Å². The van der Waals surface area contributed by atoms with Crippen LogP contribution >= 0.6 is 0 Å². The van der Waals surface area contributed by atoms with E-state index in [1.54, 1.807) is 0 Å². The molecule has 1 aromatic heterocycles. The Bertz CT molecular complexity index is 1370. The predicted octanol–water partition coefficient (Wildman–Crippen LogP) is 5.35. The number of nitrogens with one attached hydrogen (secondary N) is 2. The van der Waals surface area contributed by atoms with Gasteiger partial charge in [-0.1, -0.05) is 0 Å². The van der Waals surface area contributed by atoms with Crippen LogP contribution in [0.1, 0.15) is 80.4 Å². The molecule has 2 spiro atoms. The molecule has 2 N–H and O–H groups in total. The molecule has 2 amide bonds. The molecular formula is C27H33F3N6O2S. The number of aromatic amines is 1. The molecule has 1 unspecified atom stereocenters. The first-order valence-corrected chi connectivity index (χ1v) is 15.5. The number of carbonyl (C=O) groups excluding carboxylic acids is 1. The Balaban J connectivity index is 0.875. The van der Waals surface area contributed by atoms with E-state index in [2.05, 4.69) is 10.2 Å². The van der Waals surface area contributed by atoms with Crippen LogP contribution in [-0.4, -0.2) is 66.7 Å². The van der Waals surface area contributed by atoms with Gasteiger partial charge in [0.15, 0.2) is 5.82 Å². The Morgan fingerprint density at radius 2 is 1.54 bits per heavy atom. The molecule has 7 rings (SSSR count). The van der Waals surface area contributed by atoms with Crippen molar-refractivity contribution in [3.05, 3.63) is 41.5 Å². The largest absolute Gasteiger partial charge is 0.416 e. The van der Waals surface area contributed by atoms with Crippen LogP contribution in [0, 0.1) is 15.6 Å². The van der Waals surface area contributed by atoms with E-state index in [1.165, 1.54) is 25.0 Å². The van der Waals surface area contributed by atoms with E-state index in [1.807, 2.05) is 9.80 Å². The summed E-state index contributed by atoms with van der Waals surface area (Å²) in [5.41, 5.74) is -0.573. The highest BCUT2D eigenvalue weighted by atomic mass is 32.2. The van der Waals surface area contributed by atoms with Crippen molar-refractivity contribution in [2.24, 2.45) is 10.8 Å². The fraction of sp³-hybridized carbons (Fsp3) is 0.667. The van der Waals surface area contributed by atoms with Gasteiger partial charge >= 0.3 is 12.2 Å². The summed E-state index contributed by atoms with van der Waals surface area (Å²) >= 11 is 0. The highest BCUT2D eigenvalue weighted by Crippen LogP contribution is 2.56. The smallest absolute Gasteiger partial charge is 0.323 e. The fourth-order valence-corrected chi connectivity index (χ4v) is 9.15. The minimum atomic E-state index is -4.46. The molecule has 0 radical (unpaired) electrons. The summed E-state index contributed by atoms with van der Waals surface area (Å²) in [5.74, 6) is 2.93. The van der Waals surface area contributed by atoms with Gasteiger partial charge in [-0.15, -0.1) is 0 Å². The Morgan fingerprint density at radius 1 is 0.949 bits per heavy atom. The molecule has 1 atom stereocenters. The third kappa shape index (κ3) is 4.33. The molecule has 12 heteroatoms. The number of aromatic nitrogens is 3. The van der Waals surface area contributed by atoms with Crippen molar-refractivity contribution in [1.29, 1.82) is 4.78 Å². The van der Waals surface area contributed by atoms with E-state index in [0.29, 0.717) is 37.8 Å². The molecule has 0 bridgehead atoms. The Morgan fingerprint density at radius 3 is 2.10 bits per heavy atom. The van der Waals surface area contributed by atoms with Crippen LogP contribution in [0.4, 0.5) is 18.0 Å². The number of carbonyl (C=O) groups is 1. The summed E-state index contributed by atoms with van der Waals surface area (Å²) < 4.78 is 60.4. The monoisotopic (exact) mass is 562 g/mol. The number of benzene rings is 1. The molecule has 5 fully saturated rings. The van der Waals surface area contributed by atoms with E-state index < -0.39 is 21.5 Å². The van der Waals surface area contributed by atoms with Crippen molar-refractivity contribution >= 4 is 15.8 Å². The van der Waals surface area contributed by atoms with Crippen molar-refractivity contribution in [3.8, 4) is 0 Å². The topological polar surface area (TPSA) is 106 Å². The lowest BCUT2D eigenvalue weighted by Crippen LogP contribution is -2.69. The number of likely N-dealkylation sites (tertiary alicyclic amines) is 2. The zero-order chi connectivity index (χ0) is 27.2. The molecule has 2 aliphatic heterocycles.